The highest BCUT2D eigenvalue weighted by atomic mass is 16.5. The van der Waals surface area contributed by atoms with Gasteiger partial charge in [0.2, 0.25) is 0 Å². The topological polar surface area (TPSA) is 71.1 Å². The molecule has 5 rings (SSSR count). The molecule has 0 amide bonds. The maximum Gasteiger partial charge on any atom is 0.341 e. The lowest BCUT2D eigenvalue weighted by molar-refractivity contribution is 0.0332. The van der Waals surface area contributed by atoms with Crippen LogP contribution in [0.4, 0.5) is 0 Å². The Hall–Kier alpha value is -3.02. The van der Waals surface area contributed by atoms with Crippen molar-refractivity contribution in [1.29, 1.82) is 0 Å². The summed E-state index contributed by atoms with van der Waals surface area (Å²) in [7, 11) is 3.12. The smallest absolute Gasteiger partial charge is 0.341 e. The van der Waals surface area contributed by atoms with E-state index in [0.29, 0.717) is 71.3 Å². The summed E-state index contributed by atoms with van der Waals surface area (Å²) in [6, 6.07) is 14.3. The molecular formula is C28H32O6. The first-order valence-corrected chi connectivity index (χ1v) is 12.2. The van der Waals surface area contributed by atoms with Crippen molar-refractivity contribution in [1.82, 2.24) is 0 Å². The largest absolute Gasteiger partial charge is 0.496 e. The van der Waals surface area contributed by atoms with Gasteiger partial charge in [0.1, 0.15) is 22.6 Å². The van der Waals surface area contributed by atoms with Gasteiger partial charge in [-0.15, -0.1) is 0 Å². The molecule has 6 heteroatoms. The first-order chi connectivity index (χ1) is 16.6. The predicted octanol–water partition coefficient (Wildman–Crippen LogP) is 5.02. The number of para-hydroxylation sites is 2. The maximum absolute atomic E-state index is 12.6. The highest BCUT2D eigenvalue weighted by Gasteiger charge is 2.56. The van der Waals surface area contributed by atoms with Gasteiger partial charge in [0.25, 0.3) is 0 Å². The van der Waals surface area contributed by atoms with Gasteiger partial charge in [-0.25, -0.2) is 9.59 Å². The number of benzene rings is 2. The summed E-state index contributed by atoms with van der Waals surface area (Å²) < 4.78 is 22.0. The number of carbonyl (C=O) groups is 2. The van der Waals surface area contributed by atoms with Crippen LogP contribution in [0.3, 0.4) is 0 Å². The SMILES string of the molecule is COc1ccccc1C(=O)OCC1CC2C3CC(CC3COC(=O)c3ccccc3OC)[C@H]2C1. The number of rotatable bonds is 8. The number of hydrogen-bond acceptors (Lipinski definition) is 6. The number of hydrogen-bond donors (Lipinski definition) is 0. The Balaban J connectivity index is 1.13. The van der Waals surface area contributed by atoms with Crippen LogP contribution in [0.1, 0.15) is 46.4 Å². The zero-order valence-corrected chi connectivity index (χ0v) is 19.8. The van der Waals surface area contributed by atoms with Gasteiger partial charge < -0.3 is 18.9 Å². The van der Waals surface area contributed by atoms with Crippen LogP contribution in [0.25, 0.3) is 0 Å². The van der Waals surface area contributed by atoms with E-state index in [1.807, 2.05) is 24.3 Å². The monoisotopic (exact) mass is 464 g/mol. The van der Waals surface area contributed by atoms with E-state index in [0.717, 1.165) is 19.3 Å². The molecule has 3 fully saturated rings. The molecule has 0 heterocycles. The van der Waals surface area contributed by atoms with Gasteiger partial charge in [-0.05, 0) is 85.5 Å². The minimum Gasteiger partial charge on any atom is -0.496 e. The Bertz CT molecular complexity index is 1050. The lowest BCUT2D eigenvalue weighted by atomic mass is 9.76. The number of esters is 2. The highest BCUT2D eigenvalue weighted by Crippen LogP contribution is 2.62. The molecule has 34 heavy (non-hydrogen) atoms. The summed E-state index contributed by atoms with van der Waals surface area (Å²) in [5.41, 5.74) is 0.948. The fourth-order valence-electron chi connectivity index (χ4n) is 6.81. The van der Waals surface area contributed by atoms with Crippen molar-refractivity contribution in [3.63, 3.8) is 0 Å². The average molecular weight is 465 g/mol. The van der Waals surface area contributed by atoms with Crippen LogP contribution in [0.5, 0.6) is 11.5 Å². The lowest BCUT2D eigenvalue weighted by Gasteiger charge is -2.31. The fourth-order valence-corrected chi connectivity index (χ4v) is 6.81. The number of fused-ring (bicyclic) bond motifs is 5. The summed E-state index contributed by atoms with van der Waals surface area (Å²) in [6.45, 7) is 0.922. The van der Waals surface area contributed by atoms with E-state index in [1.54, 1.807) is 38.5 Å². The molecule has 0 N–H and O–H groups in total. The molecule has 3 aliphatic carbocycles. The zero-order chi connectivity index (χ0) is 23.7. The summed E-state index contributed by atoms with van der Waals surface area (Å²) in [5.74, 6) is 3.90. The van der Waals surface area contributed by atoms with Crippen molar-refractivity contribution < 1.29 is 28.5 Å². The van der Waals surface area contributed by atoms with E-state index in [1.165, 1.54) is 6.42 Å². The van der Waals surface area contributed by atoms with E-state index in [9.17, 15) is 9.59 Å². The molecule has 5 unspecified atom stereocenters. The van der Waals surface area contributed by atoms with Crippen LogP contribution in [0.2, 0.25) is 0 Å². The molecule has 180 valence electrons. The molecular weight excluding hydrogens is 432 g/mol. The molecule has 2 aromatic carbocycles. The number of methoxy groups -OCH3 is 2. The van der Waals surface area contributed by atoms with Crippen LogP contribution in [0.15, 0.2) is 48.5 Å². The Kier molecular flexibility index (Phi) is 6.48. The van der Waals surface area contributed by atoms with Crippen molar-refractivity contribution in [2.24, 2.45) is 35.5 Å². The Morgan fingerprint density at radius 1 is 0.706 bits per heavy atom. The maximum atomic E-state index is 12.6. The summed E-state index contributed by atoms with van der Waals surface area (Å²) in [6.07, 6.45) is 4.57. The Morgan fingerprint density at radius 3 is 1.88 bits per heavy atom. The van der Waals surface area contributed by atoms with Crippen LogP contribution >= 0.6 is 0 Å². The molecule has 2 bridgehead atoms. The summed E-state index contributed by atoms with van der Waals surface area (Å²) in [5, 5.41) is 0. The second-order valence-electron chi connectivity index (χ2n) is 9.92. The van der Waals surface area contributed by atoms with Gasteiger partial charge in [0.05, 0.1) is 27.4 Å². The Labute approximate surface area is 200 Å². The fraction of sp³-hybridized carbons (Fsp3) is 0.500. The van der Waals surface area contributed by atoms with Crippen LogP contribution in [-0.4, -0.2) is 39.4 Å². The molecule has 0 aliphatic heterocycles. The van der Waals surface area contributed by atoms with E-state index in [-0.39, 0.29) is 11.9 Å². The van der Waals surface area contributed by atoms with Crippen LogP contribution < -0.4 is 9.47 Å². The van der Waals surface area contributed by atoms with Crippen LogP contribution in [0, 0.1) is 35.5 Å². The third-order valence-corrected chi connectivity index (χ3v) is 8.23. The normalized spacial score (nSPS) is 28.9. The third kappa shape index (κ3) is 4.26. The van der Waals surface area contributed by atoms with Crippen molar-refractivity contribution in [3.8, 4) is 11.5 Å². The van der Waals surface area contributed by atoms with E-state index >= 15 is 0 Å². The van der Waals surface area contributed by atoms with Gasteiger partial charge in [-0.1, -0.05) is 24.3 Å². The molecule has 6 nitrogen and oxygen atoms in total. The lowest BCUT2D eigenvalue weighted by Crippen LogP contribution is -2.28. The predicted molar refractivity (Wildman–Crippen MR) is 126 cm³/mol. The van der Waals surface area contributed by atoms with E-state index in [4.69, 9.17) is 18.9 Å². The first kappa shape index (κ1) is 22.8. The molecule has 6 atom stereocenters. The van der Waals surface area contributed by atoms with Crippen molar-refractivity contribution in [2.45, 2.75) is 25.7 Å². The highest BCUT2D eigenvalue weighted by molar-refractivity contribution is 5.93. The molecule has 3 aliphatic rings. The van der Waals surface area contributed by atoms with Gasteiger partial charge in [-0.3, -0.25) is 0 Å². The van der Waals surface area contributed by atoms with E-state index in [2.05, 4.69) is 0 Å². The molecule has 0 saturated heterocycles. The molecule has 0 aromatic heterocycles. The molecule has 3 saturated carbocycles. The Morgan fingerprint density at radius 2 is 1.26 bits per heavy atom. The molecule has 0 radical (unpaired) electrons. The van der Waals surface area contributed by atoms with Crippen molar-refractivity contribution >= 4 is 11.9 Å². The van der Waals surface area contributed by atoms with Crippen molar-refractivity contribution in [2.75, 3.05) is 27.4 Å². The summed E-state index contributed by atoms with van der Waals surface area (Å²) >= 11 is 0. The van der Waals surface area contributed by atoms with Gasteiger partial charge in [-0.2, -0.15) is 0 Å². The van der Waals surface area contributed by atoms with E-state index < -0.39 is 0 Å². The van der Waals surface area contributed by atoms with Crippen LogP contribution in [-0.2, 0) is 9.47 Å². The first-order valence-electron chi connectivity index (χ1n) is 12.2. The standard InChI is InChI=1S/C28H32O6/c1-31-25-9-5-3-7-20(25)27(29)33-15-17-11-22-18-13-19(23(14-18)24(22)12-17)16-34-28(30)21-8-4-6-10-26(21)32-2/h3-10,17-19,22-24H,11-16H2,1-2H3/t17?,18?,19?,22-,23?,24?/m1/s1. The quantitative estimate of drug-likeness (QED) is 0.511. The zero-order valence-electron chi connectivity index (χ0n) is 19.8. The molecule has 2 aromatic rings. The second kappa shape index (κ2) is 9.69. The van der Waals surface area contributed by atoms with Gasteiger partial charge in [0, 0.05) is 0 Å². The average Bonchev–Trinajstić information content (AvgIpc) is 3.57. The molecule has 0 spiro atoms. The minimum atomic E-state index is -0.321. The third-order valence-electron chi connectivity index (χ3n) is 8.23. The van der Waals surface area contributed by atoms with Gasteiger partial charge in [0.15, 0.2) is 0 Å². The number of carbonyl (C=O) groups excluding carboxylic acids is 2. The second-order valence-corrected chi connectivity index (χ2v) is 9.92. The minimum absolute atomic E-state index is 0.315. The summed E-state index contributed by atoms with van der Waals surface area (Å²) in [4.78, 5) is 25.2. The van der Waals surface area contributed by atoms with Gasteiger partial charge >= 0.3 is 11.9 Å². The van der Waals surface area contributed by atoms with Crippen molar-refractivity contribution in [3.05, 3.63) is 59.7 Å². The number of ether oxygens (including phenoxy) is 4.